The highest BCUT2D eigenvalue weighted by atomic mass is 16.7. The Morgan fingerprint density at radius 1 is 0.824 bits per heavy atom. The van der Waals surface area contributed by atoms with Crippen molar-refractivity contribution in [3.05, 3.63) is 101 Å². The average molecular weight is 450 g/mol. The Balaban J connectivity index is 1.27. The van der Waals surface area contributed by atoms with Gasteiger partial charge in [-0.15, -0.1) is 5.06 Å². The standard InChI is InChI=1S/C29H27N3O2/c33-29-25(18-21-10-4-5-12-26(21)31-29)28-19-22-17-24(13-14-27(22)30-28)34-32-15-7-6-11-23(32)16-20-8-2-1-3-9-20/h1-5,8-10,12-14,17-19,23,30H,6-7,11,15-16H2,(H,31,33)/t23-/m1/s1. The van der Waals surface area contributed by atoms with Crippen molar-refractivity contribution in [3.63, 3.8) is 0 Å². The van der Waals surface area contributed by atoms with E-state index in [1.54, 1.807) is 0 Å². The second kappa shape index (κ2) is 8.84. The summed E-state index contributed by atoms with van der Waals surface area (Å²) < 4.78 is 0. The molecule has 1 fully saturated rings. The Bertz CT molecular complexity index is 1500. The zero-order valence-electron chi connectivity index (χ0n) is 19.0. The van der Waals surface area contributed by atoms with Crippen molar-refractivity contribution in [2.45, 2.75) is 31.7 Å². The minimum absolute atomic E-state index is 0.0983. The lowest BCUT2D eigenvalue weighted by atomic mass is 9.97. The summed E-state index contributed by atoms with van der Waals surface area (Å²) in [5.41, 5.74) is 4.51. The third kappa shape index (κ3) is 4.11. The van der Waals surface area contributed by atoms with Gasteiger partial charge in [0, 0.05) is 29.0 Å². The maximum Gasteiger partial charge on any atom is 0.257 e. The Hall–Kier alpha value is -3.83. The molecule has 0 amide bonds. The SMILES string of the molecule is O=c1[nH]c2ccccc2cc1-c1cc2cc(ON3CCCC[C@@H]3Cc3ccccc3)ccc2[nH]1. The van der Waals surface area contributed by atoms with Crippen molar-refractivity contribution in [2.24, 2.45) is 0 Å². The van der Waals surface area contributed by atoms with Gasteiger partial charge >= 0.3 is 0 Å². The van der Waals surface area contributed by atoms with Crippen molar-refractivity contribution in [1.29, 1.82) is 0 Å². The molecule has 2 N–H and O–H groups in total. The van der Waals surface area contributed by atoms with Crippen LogP contribution in [-0.4, -0.2) is 27.6 Å². The molecule has 5 aromatic rings. The summed E-state index contributed by atoms with van der Waals surface area (Å²) in [6, 6.07) is 28.9. The number of benzene rings is 3. The molecule has 0 spiro atoms. The number of pyridine rings is 1. The topological polar surface area (TPSA) is 61.1 Å². The van der Waals surface area contributed by atoms with E-state index in [0.29, 0.717) is 11.6 Å². The number of para-hydroxylation sites is 1. The van der Waals surface area contributed by atoms with Gasteiger partial charge in [-0.3, -0.25) is 4.79 Å². The van der Waals surface area contributed by atoms with Crippen LogP contribution < -0.4 is 10.4 Å². The van der Waals surface area contributed by atoms with Crippen molar-refractivity contribution < 1.29 is 4.84 Å². The van der Waals surface area contributed by atoms with Crippen LogP contribution in [0.15, 0.2) is 89.7 Å². The number of fused-ring (bicyclic) bond motifs is 2. The quantitative estimate of drug-likeness (QED) is 0.342. The molecule has 5 nitrogen and oxygen atoms in total. The molecule has 0 saturated carbocycles. The van der Waals surface area contributed by atoms with E-state index in [2.05, 4.69) is 51.4 Å². The second-order valence-corrected chi connectivity index (χ2v) is 9.10. The fourth-order valence-corrected chi connectivity index (χ4v) is 4.98. The minimum Gasteiger partial charge on any atom is -0.406 e. The fourth-order valence-electron chi connectivity index (χ4n) is 4.98. The molecular weight excluding hydrogens is 422 g/mol. The Labute approximate surface area is 198 Å². The first-order chi connectivity index (χ1) is 16.7. The lowest BCUT2D eigenvalue weighted by molar-refractivity contribution is -0.112. The van der Waals surface area contributed by atoms with Crippen LogP contribution in [0.1, 0.15) is 24.8 Å². The van der Waals surface area contributed by atoms with Crippen LogP contribution in [0, 0.1) is 0 Å². The van der Waals surface area contributed by atoms with Gasteiger partial charge < -0.3 is 14.8 Å². The molecule has 34 heavy (non-hydrogen) atoms. The molecule has 0 unspecified atom stereocenters. The van der Waals surface area contributed by atoms with Gasteiger partial charge in [0.25, 0.3) is 5.56 Å². The summed E-state index contributed by atoms with van der Waals surface area (Å²) in [6.45, 7) is 0.931. The first-order valence-electron chi connectivity index (χ1n) is 12.0. The average Bonchev–Trinajstić information content (AvgIpc) is 3.29. The van der Waals surface area contributed by atoms with Gasteiger partial charge in [-0.25, -0.2) is 0 Å². The van der Waals surface area contributed by atoms with Crippen LogP contribution in [0.25, 0.3) is 33.1 Å². The van der Waals surface area contributed by atoms with E-state index in [0.717, 1.165) is 59.1 Å². The number of piperidine rings is 1. The highest BCUT2D eigenvalue weighted by Crippen LogP contribution is 2.29. The molecule has 170 valence electrons. The first-order valence-corrected chi connectivity index (χ1v) is 12.0. The van der Waals surface area contributed by atoms with E-state index < -0.39 is 0 Å². The van der Waals surface area contributed by atoms with Crippen molar-refractivity contribution in [3.8, 4) is 17.0 Å². The third-order valence-corrected chi connectivity index (χ3v) is 6.75. The van der Waals surface area contributed by atoms with Gasteiger partial charge in [-0.05, 0) is 66.6 Å². The smallest absolute Gasteiger partial charge is 0.257 e. The number of nitrogens with one attached hydrogen (secondary N) is 2. The first kappa shape index (κ1) is 20.8. The summed E-state index contributed by atoms with van der Waals surface area (Å²) in [5, 5.41) is 4.19. The molecule has 6 rings (SSSR count). The van der Waals surface area contributed by atoms with Crippen LogP contribution in [-0.2, 0) is 6.42 Å². The monoisotopic (exact) mass is 449 g/mol. The van der Waals surface area contributed by atoms with Crippen LogP contribution in [0.3, 0.4) is 0 Å². The van der Waals surface area contributed by atoms with E-state index >= 15 is 0 Å². The summed E-state index contributed by atoms with van der Waals surface area (Å²) in [4.78, 5) is 25.5. The lowest BCUT2D eigenvalue weighted by Gasteiger charge is -2.34. The highest BCUT2D eigenvalue weighted by Gasteiger charge is 2.24. The number of hydrogen-bond donors (Lipinski definition) is 2. The molecule has 0 bridgehead atoms. The molecule has 1 atom stereocenters. The number of aromatic amines is 2. The summed E-state index contributed by atoms with van der Waals surface area (Å²) in [6.07, 6.45) is 4.50. The number of rotatable bonds is 5. The predicted octanol–water partition coefficient (Wildman–Crippen LogP) is 6.07. The van der Waals surface area contributed by atoms with E-state index in [1.165, 1.54) is 12.0 Å². The molecule has 1 aliphatic heterocycles. The lowest BCUT2D eigenvalue weighted by Crippen LogP contribution is -2.43. The number of hydroxylamine groups is 2. The zero-order valence-corrected chi connectivity index (χ0v) is 19.0. The third-order valence-electron chi connectivity index (χ3n) is 6.75. The predicted molar refractivity (Wildman–Crippen MR) is 137 cm³/mol. The molecular formula is C29H27N3O2. The minimum atomic E-state index is -0.0983. The maximum absolute atomic E-state index is 12.7. The highest BCUT2D eigenvalue weighted by molar-refractivity contribution is 5.89. The van der Waals surface area contributed by atoms with Gasteiger partial charge in [0.05, 0.1) is 11.3 Å². The molecule has 0 aliphatic carbocycles. The number of aromatic nitrogens is 2. The van der Waals surface area contributed by atoms with Gasteiger partial charge in [-0.2, -0.15) is 0 Å². The molecule has 2 aromatic heterocycles. The fraction of sp³-hybridized carbons (Fsp3) is 0.207. The normalized spacial score (nSPS) is 16.8. The van der Waals surface area contributed by atoms with Crippen molar-refractivity contribution in [2.75, 3.05) is 6.54 Å². The largest absolute Gasteiger partial charge is 0.406 e. The van der Waals surface area contributed by atoms with Crippen LogP contribution in [0.2, 0.25) is 0 Å². The summed E-state index contributed by atoms with van der Waals surface area (Å²) in [5.74, 6) is 0.824. The Morgan fingerprint density at radius 2 is 1.65 bits per heavy atom. The number of H-pyrrole nitrogens is 2. The summed E-state index contributed by atoms with van der Waals surface area (Å²) >= 11 is 0. The molecule has 1 aliphatic rings. The van der Waals surface area contributed by atoms with Gasteiger partial charge in [0.1, 0.15) is 5.75 Å². The van der Waals surface area contributed by atoms with E-state index in [-0.39, 0.29) is 5.56 Å². The Kier molecular flexibility index (Phi) is 5.40. The van der Waals surface area contributed by atoms with Gasteiger partial charge in [0.15, 0.2) is 0 Å². The van der Waals surface area contributed by atoms with Crippen LogP contribution in [0.5, 0.6) is 5.75 Å². The van der Waals surface area contributed by atoms with Crippen molar-refractivity contribution >= 4 is 21.8 Å². The maximum atomic E-state index is 12.7. The van der Waals surface area contributed by atoms with Crippen LogP contribution in [0.4, 0.5) is 0 Å². The van der Waals surface area contributed by atoms with E-state index in [9.17, 15) is 4.79 Å². The van der Waals surface area contributed by atoms with Gasteiger partial charge in [-0.1, -0.05) is 55.0 Å². The number of hydrogen-bond acceptors (Lipinski definition) is 3. The summed E-state index contributed by atoms with van der Waals surface area (Å²) in [7, 11) is 0. The second-order valence-electron chi connectivity index (χ2n) is 9.10. The van der Waals surface area contributed by atoms with E-state index in [4.69, 9.17) is 4.84 Å². The van der Waals surface area contributed by atoms with Crippen LogP contribution >= 0.6 is 0 Å². The van der Waals surface area contributed by atoms with Crippen molar-refractivity contribution in [1.82, 2.24) is 15.0 Å². The molecule has 3 aromatic carbocycles. The zero-order chi connectivity index (χ0) is 22.9. The number of nitrogens with zero attached hydrogens (tertiary/aromatic N) is 1. The molecule has 3 heterocycles. The molecule has 5 heteroatoms. The Morgan fingerprint density at radius 3 is 2.56 bits per heavy atom. The van der Waals surface area contributed by atoms with Gasteiger partial charge in [0.2, 0.25) is 0 Å². The molecule has 1 saturated heterocycles. The van der Waals surface area contributed by atoms with E-state index in [1.807, 2.05) is 48.5 Å². The molecule has 0 radical (unpaired) electrons.